The van der Waals surface area contributed by atoms with Gasteiger partial charge in [-0.05, 0) is 33.0 Å². The van der Waals surface area contributed by atoms with Gasteiger partial charge in [0.25, 0.3) is 0 Å². The maximum atomic E-state index is 9.89. The maximum absolute atomic E-state index is 9.89. The van der Waals surface area contributed by atoms with Gasteiger partial charge in [0.05, 0.1) is 0 Å². The number of phenols is 1. The summed E-state index contributed by atoms with van der Waals surface area (Å²) in [5.41, 5.74) is 2.00. The van der Waals surface area contributed by atoms with E-state index in [1.165, 1.54) is 0 Å². The summed E-state index contributed by atoms with van der Waals surface area (Å²) in [5, 5.41) is 19.2. The van der Waals surface area contributed by atoms with E-state index in [9.17, 15) is 10.2 Å². The molecule has 0 aliphatic carbocycles. The minimum Gasteiger partial charge on any atom is -0.508 e. The third kappa shape index (κ3) is 2.74. The monoisotopic (exact) mass is 223 g/mol. The maximum Gasteiger partial charge on any atom is 0.120 e. The van der Waals surface area contributed by atoms with Crippen LogP contribution in [0.2, 0.25) is 0 Å². The molecule has 0 aliphatic heterocycles. The molecule has 1 rings (SSSR count). The lowest BCUT2D eigenvalue weighted by atomic mass is 9.92. The van der Waals surface area contributed by atoms with Gasteiger partial charge in [0.15, 0.2) is 0 Å². The summed E-state index contributed by atoms with van der Waals surface area (Å²) in [6.07, 6.45) is 0. The van der Waals surface area contributed by atoms with Crippen LogP contribution in [0.4, 0.5) is 0 Å². The van der Waals surface area contributed by atoms with Crippen LogP contribution in [0.3, 0.4) is 0 Å². The standard InChI is InChI=1S/C13H21NO2/c1-9-5-6-12(16)11(7-9)13(14(3)4)10(2)8-15/h5-7,10,13,15-16H,8H2,1-4H3. The van der Waals surface area contributed by atoms with E-state index in [1.807, 2.05) is 45.0 Å². The first kappa shape index (κ1) is 13.0. The van der Waals surface area contributed by atoms with Crippen LogP contribution < -0.4 is 0 Å². The molecular weight excluding hydrogens is 202 g/mol. The molecule has 3 heteroatoms. The Hall–Kier alpha value is -1.06. The molecule has 0 spiro atoms. The van der Waals surface area contributed by atoms with Gasteiger partial charge in [-0.3, -0.25) is 0 Å². The first-order valence-corrected chi connectivity index (χ1v) is 5.54. The first-order chi connectivity index (χ1) is 7.47. The molecule has 2 N–H and O–H groups in total. The fourth-order valence-corrected chi connectivity index (χ4v) is 2.10. The zero-order valence-corrected chi connectivity index (χ0v) is 10.4. The molecule has 1 aromatic carbocycles. The Bertz CT molecular complexity index is 350. The Morgan fingerprint density at radius 3 is 2.44 bits per heavy atom. The number of hydrogen-bond donors (Lipinski definition) is 2. The van der Waals surface area contributed by atoms with Crippen molar-refractivity contribution in [2.45, 2.75) is 19.9 Å². The molecule has 0 aliphatic rings. The van der Waals surface area contributed by atoms with Crippen LogP contribution >= 0.6 is 0 Å². The lowest BCUT2D eigenvalue weighted by Gasteiger charge is -2.30. The molecule has 0 saturated heterocycles. The zero-order valence-electron chi connectivity index (χ0n) is 10.4. The number of aliphatic hydroxyl groups is 1. The zero-order chi connectivity index (χ0) is 12.3. The van der Waals surface area contributed by atoms with Crippen molar-refractivity contribution in [3.8, 4) is 5.75 Å². The van der Waals surface area contributed by atoms with Crippen LogP contribution in [0, 0.1) is 12.8 Å². The topological polar surface area (TPSA) is 43.7 Å². The Morgan fingerprint density at radius 2 is 1.94 bits per heavy atom. The molecule has 0 radical (unpaired) electrons. The van der Waals surface area contributed by atoms with Gasteiger partial charge in [0, 0.05) is 18.2 Å². The smallest absolute Gasteiger partial charge is 0.120 e. The van der Waals surface area contributed by atoms with Crippen LogP contribution in [0.1, 0.15) is 24.1 Å². The highest BCUT2D eigenvalue weighted by Gasteiger charge is 2.23. The van der Waals surface area contributed by atoms with Gasteiger partial charge in [-0.25, -0.2) is 0 Å². The molecule has 0 aromatic heterocycles. The molecule has 2 atom stereocenters. The lowest BCUT2D eigenvalue weighted by Crippen LogP contribution is -2.28. The SMILES string of the molecule is Cc1ccc(O)c(C(C(C)CO)N(C)C)c1. The number of aryl methyl sites for hydroxylation is 1. The number of benzene rings is 1. The minimum atomic E-state index is 0.0323. The summed E-state index contributed by atoms with van der Waals surface area (Å²) in [7, 11) is 3.91. The Morgan fingerprint density at radius 1 is 1.31 bits per heavy atom. The van der Waals surface area contributed by atoms with Gasteiger partial charge in [-0.2, -0.15) is 0 Å². The van der Waals surface area contributed by atoms with Crippen molar-refractivity contribution in [2.75, 3.05) is 20.7 Å². The second-order valence-corrected chi connectivity index (χ2v) is 4.63. The summed E-state index contributed by atoms with van der Waals surface area (Å²) in [5.74, 6) is 0.382. The van der Waals surface area contributed by atoms with Crippen LogP contribution in [0.15, 0.2) is 18.2 Å². The summed E-state index contributed by atoms with van der Waals surface area (Å²) < 4.78 is 0. The van der Waals surface area contributed by atoms with Gasteiger partial charge in [0.2, 0.25) is 0 Å². The normalized spacial score (nSPS) is 15.1. The van der Waals surface area contributed by atoms with Crippen molar-refractivity contribution in [2.24, 2.45) is 5.92 Å². The molecule has 1 aromatic rings. The average molecular weight is 223 g/mol. The van der Waals surface area contributed by atoms with Crippen LogP contribution in [-0.2, 0) is 0 Å². The molecule has 2 unspecified atom stereocenters. The van der Waals surface area contributed by atoms with E-state index >= 15 is 0 Å². The third-order valence-electron chi connectivity index (χ3n) is 2.88. The van der Waals surface area contributed by atoms with E-state index in [0.717, 1.165) is 11.1 Å². The van der Waals surface area contributed by atoms with E-state index in [2.05, 4.69) is 0 Å². The van der Waals surface area contributed by atoms with Crippen molar-refractivity contribution in [3.63, 3.8) is 0 Å². The van der Waals surface area contributed by atoms with Gasteiger partial charge in [-0.1, -0.05) is 24.6 Å². The Balaban J connectivity index is 3.15. The number of aromatic hydroxyl groups is 1. The summed E-state index contributed by atoms with van der Waals surface area (Å²) in [6, 6.07) is 5.61. The highest BCUT2D eigenvalue weighted by Crippen LogP contribution is 2.33. The van der Waals surface area contributed by atoms with Gasteiger partial charge < -0.3 is 15.1 Å². The van der Waals surface area contributed by atoms with Gasteiger partial charge in [-0.15, -0.1) is 0 Å². The third-order valence-corrected chi connectivity index (χ3v) is 2.88. The predicted molar refractivity (Wildman–Crippen MR) is 65.5 cm³/mol. The molecule has 0 fully saturated rings. The van der Waals surface area contributed by atoms with E-state index in [0.29, 0.717) is 5.75 Å². The van der Waals surface area contributed by atoms with Crippen LogP contribution in [0.5, 0.6) is 5.75 Å². The van der Waals surface area contributed by atoms with Crippen LogP contribution in [0.25, 0.3) is 0 Å². The fourth-order valence-electron chi connectivity index (χ4n) is 2.10. The van der Waals surface area contributed by atoms with E-state index in [-0.39, 0.29) is 18.6 Å². The summed E-state index contributed by atoms with van der Waals surface area (Å²) in [6.45, 7) is 4.09. The number of nitrogens with zero attached hydrogens (tertiary/aromatic N) is 1. The summed E-state index contributed by atoms with van der Waals surface area (Å²) >= 11 is 0. The van der Waals surface area contributed by atoms with Crippen molar-refractivity contribution in [1.82, 2.24) is 4.90 Å². The van der Waals surface area contributed by atoms with E-state index in [4.69, 9.17) is 0 Å². The summed E-state index contributed by atoms with van der Waals surface area (Å²) in [4.78, 5) is 2.02. The predicted octanol–water partition coefficient (Wildman–Crippen LogP) is 1.93. The fraction of sp³-hybridized carbons (Fsp3) is 0.538. The second-order valence-electron chi connectivity index (χ2n) is 4.63. The molecule has 0 bridgehead atoms. The first-order valence-electron chi connectivity index (χ1n) is 5.54. The van der Waals surface area contributed by atoms with Gasteiger partial charge in [0.1, 0.15) is 5.75 Å². The molecular formula is C13H21NO2. The molecule has 0 heterocycles. The molecule has 0 amide bonds. The van der Waals surface area contributed by atoms with E-state index < -0.39 is 0 Å². The van der Waals surface area contributed by atoms with Crippen LogP contribution in [-0.4, -0.2) is 35.8 Å². The van der Waals surface area contributed by atoms with Crippen molar-refractivity contribution < 1.29 is 10.2 Å². The molecule has 0 saturated carbocycles. The largest absolute Gasteiger partial charge is 0.508 e. The quantitative estimate of drug-likeness (QED) is 0.819. The molecule has 16 heavy (non-hydrogen) atoms. The minimum absolute atomic E-state index is 0.0323. The van der Waals surface area contributed by atoms with Crippen molar-refractivity contribution in [1.29, 1.82) is 0 Å². The average Bonchev–Trinajstić information content (AvgIpc) is 2.22. The second kappa shape index (κ2) is 5.32. The number of phenolic OH excluding ortho intramolecular Hbond substituents is 1. The van der Waals surface area contributed by atoms with Crippen molar-refractivity contribution in [3.05, 3.63) is 29.3 Å². The van der Waals surface area contributed by atoms with E-state index in [1.54, 1.807) is 6.07 Å². The van der Waals surface area contributed by atoms with Gasteiger partial charge >= 0.3 is 0 Å². The lowest BCUT2D eigenvalue weighted by molar-refractivity contribution is 0.143. The number of hydrogen-bond acceptors (Lipinski definition) is 3. The highest BCUT2D eigenvalue weighted by molar-refractivity contribution is 5.38. The molecule has 3 nitrogen and oxygen atoms in total. The number of rotatable bonds is 4. The Kier molecular flexibility index (Phi) is 4.33. The molecule has 90 valence electrons. The highest BCUT2D eigenvalue weighted by atomic mass is 16.3. The van der Waals surface area contributed by atoms with Crippen molar-refractivity contribution >= 4 is 0 Å². The number of aliphatic hydroxyl groups excluding tert-OH is 1. The Labute approximate surface area is 97.3 Å².